The van der Waals surface area contributed by atoms with Crippen LogP contribution in [-0.4, -0.2) is 33.0 Å². The lowest BCUT2D eigenvalue weighted by Crippen LogP contribution is -2.38. The van der Waals surface area contributed by atoms with Gasteiger partial charge in [-0.05, 0) is 30.9 Å². The van der Waals surface area contributed by atoms with Gasteiger partial charge in [0.25, 0.3) is 0 Å². The molecule has 1 aliphatic carbocycles. The normalized spacial score (nSPS) is 15.7. The van der Waals surface area contributed by atoms with Crippen LogP contribution in [0, 0.1) is 16.0 Å². The van der Waals surface area contributed by atoms with Gasteiger partial charge < -0.3 is 10.5 Å². The van der Waals surface area contributed by atoms with Gasteiger partial charge in [0.05, 0.1) is 16.9 Å². The number of nitro benzene ring substituents is 1. The van der Waals surface area contributed by atoms with E-state index in [1.807, 2.05) is 0 Å². The minimum atomic E-state index is -3.83. The molecule has 1 aliphatic rings. The number of rotatable bonds is 7. The molecule has 1 unspecified atom stereocenters. The van der Waals surface area contributed by atoms with Crippen LogP contribution in [0.25, 0.3) is 0 Å². The molecule has 3 N–H and O–H groups in total. The summed E-state index contributed by atoms with van der Waals surface area (Å²) in [7, 11) is -2.55. The molecule has 0 saturated heterocycles. The van der Waals surface area contributed by atoms with E-state index in [0.717, 1.165) is 18.9 Å². The monoisotopic (exact) mass is 351 g/mol. The van der Waals surface area contributed by atoms with Gasteiger partial charge in [-0.25, -0.2) is 13.1 Å². The van der Waals surface area contributed by atoms with Gasteiger partial charge in [-0.2, -0.15) is 0 Å². The van der Waals surface area contributed by atoms with E-state index in [-0.39, 0.29) is 35.6 Å². The second kappa shape index (κ2) is 7.23. The van der Waals surface area contributed by atoms with Crippen molar-refractivity contribution >= 4 is 28.1 Å². The van der Waals surface area contributed by atoms with Crippen molar-refractivity contribution in [3.63, 3.8) is 0 Å². The Labute approximate surface area is 134 Å². The van der Waals surface area contributed by atoms with Crippen LogP contribution in [0.4, 0.5) is 5.69 Å². The standard InChI is InChI=1S/C12H17N3O5S.ClH/c1-20-12-5-4-9(6-11(12)15(16)17)21(18,19)14-7-10(13)8-2-3-8;/h4-6,8,10,14H,2-3,7,13H2,1H3;1H. The summed E-state index contributed by atoms with van der Waals surface area (Å²) >= 11 is 0. The zero-order valence-corrected chi connectivity index (χ0v) is 13.5. The first-order valence-electron chi connectivity index (χ1n) is 6.43. The fourth-order valence-electron chi connectivity index (χ4n) is 1.96. The van der Waals surface area contributed by atoms with E-state index < -0.39 is 20.6 Å². The first kappa shape index (κ1) is 18.6. The van der Waals surface area contributed by atoms with E-state index >= 15 is 0 Å². The van der Waals surface area contributed by atoms with Crippen molar-refractivity contribution in [1.82, 2.24) is 4.72 Å². The minimum Gasteiger partial charge on any atom is -0.490 e. The highest BCUT2D eigenvalue weighted by molar-refractivity contribution is 7.89. The van der Waals surface area contributed by atoms with Crippen LogP contribution in [0.2, 0.25) is 0 Å². The minimum absolute atomic E-state index is 0. The number of nitro groups is 1. The van der Waals surface area contributed by atoms with Crippen molar-refractivity contribution in [2.75, 3.05) is 13.7 Å². The summed E-state index contributed by atoms with van der Waals surface area (Å²) in [4.78, 5) is 10.0. The Kier molecular flexibility index (Phi) is 6.12. The number of methoxy groups -OCH3 is 1. The number of nitrogens with one attached hydrogen (secondary N) is 1. The van der Waals surface area contributed by atoms with Gasteiger partial charge in [0.15, 0.2) is 5.75 Å². The van der Waals surface area contributed by atoms with Crippen LogP contribution in [0.5, 0.6) is 5.75 Å². The zero-order chi connectivity index (χ0) is 15.6. The molecule has 0 heterocycles. The maximum atomic E-state index is 12.1. The molecule has 8 nitrogen and oxygen atoms in total. The Bertz CT molecular complexity index is 648. The molecule has 1 fully saturated rings. The smallest absolute Gasteiger partial charge is 0.312 e. The number of halogens is 1. The summed E-state index contributed by atoms with van der Waals surface area (Å²) in [5.74, 6) is 0.367. The molecule has 0 bridgehead atoms. The van der Waals surface area contributed by atoms with Crippen molar-refractivity contribution in [3.05, 3.63) is 28.3 Å². The zero-order valence-electron chi connectivity index (χ0n) is 11.9. The second-order valence-corrected chi connectivity index (χ2v) is 6.71. The predicted molar refractivity (Wildman–Crippen MR) is 82.8 cm³/mol. The van der Waals surface area contributed by atoms with Gasteiger partial charge in [-0.1, -0.05) is 0 Å². The van der Waals surface area contributed by atoms with Gasteiger partial charge in [0, 0.05) is 18.7 Å². The number of ether oxygens (including phenoxy) is 1. The average Bonchev–Trinajstić information content (AvgIpc) is 3.28. The molecule has 1 aromatic carbocycles. The first-order chi connectivity index (χ1) is 9.85. The summed E-state index contributed by atoms with van der Waals surface area (Å²) in [5.41, 5.74) is 5.44. The van der Waals surface area contributed by atoms with Gasteiger partial charge >= 0.3 is 5.69 Å². The lowest BCUT2D eigenvalue weighted by atomic mass is 10.2. The number of nitrogens with two attached hydrogens (primary N) is 1. The van der Waals surface area contributed by atoms with Gasteiger partial charge in [0.1, 0.15) is 0 Å². The molecular weight excluding hydrogens is 334 g/mol. The Morgan fingerprint density at radius 2 is 2.14 bits per heavy atom. The van der Waals surface area contributed by atoms with Crippen molar-refractivity contribution in [3.8, 4) is 5.75 Å². The topological polar surface area (TPSA) is 125 Å². The van der Waals surface area contributed by atoms with E-state index in [9.17, 15) is 18.5 Å². The van der Waals surface area contributed by atoms with Crippen LogP contribution in [0.1, 0.15) is 12.8 Å². The maximum absolute atomic E-state index is 12.1. The molecule has 1 atom stereocenters. The fraction of sp³-hybridized carbons (Fsp3) is 0.500. The Morgan fingerprint density at radius 3 is 2.64 bits per heavy atom. The van der Waals surface area contributed by atoms with Crippen LogP contribution < -0.4 is 15.2 Å². The number of benzene rings is 1. The molecule has 1 saturated carbocycles. The number of hydrogen-bond donors (Lipinski definition) is 2. The van der Waals surface area contributed by atoms with Crippen molar-refractivity contribution in [1.29, 1.82) is 0 Å². The van der Waals surface area contributed by atoms with Crippen LogP contribution >= 0.6 is 12.4 Å². The van der Waals surface area contributed by atoms with Crippen LogP contribution in [0.15, 0.2) is 23.1 Å². The van der Waals surface area contributed by atoms with E-state index in [1.54, 1.807) is 0 Å². The first-order valence-corrected chi connectivity index (χ1v) is 7.91. The SMILES string of the molecule is COc1ccc(S(=O)(=O)NCC(N)C2CC2)cc1[N+](=O)[O-].Cl. The molecule has 0 aliphatic heterocycles. The van der Waals surface area contributed by atoms with Gasteiger partial charge in [-0.3, -0.25) is 10.1 Å². The van der Waals surface area contributed by atoms with Crippen molar-refractivity contribution in [2.24, 2.45) is 11.7 Å². The van der Waals surface area contributed by atoms with E-state index in [0.29, 0.717) is 5.92 Å². The predicted octanol–water partition coefficient (Wildman–Crippen LogP) is 1.04. The van der Waals surface area contributed by atoms with Crippen molar-refractivity contribution < 1.29 is 18.1 Å². The Balaban J connectivity index is 0.00000242. The lowest BCUT2D eigenvalue weighted by Gasteiger charge is -2.12. The maximum Gasteiger partial charge on any atom is 0.312 e. The Morgan fingerprint density at radius 1 is 1.50 bits per heavy atom. The van der Waals surface area contributed by atoms with Crippen molar-refractivity contribution in [2.45, 2.75) is 23.8 Å². The van der Waals surface area contributed by atoms with E-state index in [2.05, 4.69) is 4.72 Å². The third-order valence-electron chi connectivity index (χ3n) is 3.39. The largest absolute Gasteiger partial charge is 0.490 e. The summed E-state index contributed by atoms with van der Waals surface area (Å²) in [6.45, 7) is 0.118. The third kappa shape index (κ3) is 4.29. The summed E-state index contributed by atoms with van der Waals surface area (Å²) in [6.07, 6.45) is 2.02. The molecule has 1 aromatic rings. The molecular formula is C12H18ClN3O5S. The van der Waals surface area contributed by atoms with E-state index in [1.165, 1.54) is 19.2 Å². The molecule has 22 heavy (non-hydrogen) atoms. The number of nitrogens with zero attached hydrogens (tertiary/aromatic N) is 1. The Hall–Kier alpha value is -1.42. The van der Waals surface area contributed by atoms with E-state index in [4.69, 9.17) is 10.5 Å². The number of sulfonamides is 1. The second-order valence-electron chi connectivity index (χ2n) is 4.94. The summed E-state index contributed by atoms with van der Waals surface area (Å²) in [6, 6.07) is 3.27. The molecule has 0 aromatic heterocycles. The molecule has 124 valence electrons. The highest BCUT2D eigenvalue weighted by atomic mass is 35.5. The molecule has 0 amide bonds. The number of hydrogen-bond acceptors (Lipinski definition) is 6. The lowest BCUT2D eigenvalue weighted by molar-refractivity contribution is -0.386. The molecule has 0 spiro atoms. The van der Waals surface area contributed by atoms with Gasteiger partial charge in [-0.15, -0.1) is 12.4 Å². The van der Waals surface area contributed by atoms with Gasteiger partial charge in [0.2, 0.25) is 10.0 Å². The fourth-order valence-corrected chi connectivity index (χ4v) is 3.05. The quantitative estimate of drug-likeness (QED) is 0.558. The van der Waals surface area contributed by atoms with Crippen LogP contribution in [0.3, 0.4) is 0 Å². The highest BCUT2D eigenvalue weighted by Gasteiger charge is 2.30. The highest BCUT2D eigenvalue weighted by Crippen LogP contribution is 2.32. The molecule has 0 radical (unpaired) electrons. The van der Waals surface area contributed by atoms with Crippen LogP contribution in [-0.2, 0) is 10.0 Å². The summed E-state index contributed by atoms with van der Waals surface area (Å²) in [5, 5.41) is 10.9. The summed E-state index contributed by atoms with van der Waals surface area (Å²) < 4.78 is 31.5. The average molecular weight is 352 g/mol. The molecule has 2 rings (SSSR count). The molecule has 10 heteroatoms. The third-order valence-corrected chi connectivity index (χ3v) is 4.82.